The second-order valence-corrected chi connectivity index (χ2v) is 11.6. The van der Waals surface area contributed by atoms with Gasteiger partial charge >= 0.3 is 5.97 Å². The van der Waals surface area contributed by atoms with Crippen LogP contribution in [-0.2, 0) is 9.53 Å². The highest BCUT2D eigenvalue weighted by Gasteiger charge is 2.48. The van der Waals surface area contributed by atoms with Crippen LogP contribution < -0.4 is 5.32 Å². The monoisotopic (exact) mass is 552 g/mol. The quantitative estimate of drug-likeness (QED) is 0.407. The Kier molecular flexibility index (Phi) is 9.37. The van der Waals surface area contributed by atoms with Crippen molar-refractivity contribution in [2.75, 3.05) is 5.32 Å². The van der Waals surface area contributed by atoms with Crippen molar-refractivity contribution >= 4 is 50.1 Å². The Morgan fingerprint density at radius 3 is 2.43 bits per heavy atom. The molecule has 4 rings (SSSR count). The normalized spacial score (nSPS) is 24.2. The van der Waals surface area contributed by atoms with Crippen molar-refractivity contribution in [3.8, 4) is 0 Å². The number of carboxylic acids is 1. The number of aromatic nitrogens is 3. The van der Waals surface area contributed by atoms with E-state index in [1.54, 1.807) is 13.1 Å². The van der Waals surface area contributed by atoms with Gasteiger partial charge in [-0.15, -0.1) is 0 Å². The molecule has 2 aromatic heterocycles. The number of nitrogens with zero attached hydrogens (tertiary/aromatic N) is 2. The fourth-order valence-corrected chi connectivity index (χ4v) is 5.22. The molecule has 2 atom stereocenters. The highest BCUT2D eigenvalue weighted by atomic mass is 32.1. The van der Waals surface area contributed by atoms with Crippen LogP contribution in [0.4, 0.5) is 5.69 Å². The number of hydrogen-bond acceptors (Lipinski definition) is 5. The summed E-state index contributed by atoms with van der Waals surface area (Å²) in [5.74, 6) is -1.13. The van der Waals surface area contributed by atoms with Gasteiger partial charge in [0.05, 0.1) is 17.0 Å². The number of carbonyl (C=O) groups excluding carboxylic acids is 1. The molecule has 1 amide bonds. The lowest BCUT2D eigenvalue weighted by Gasteiger charge is -2.44. The maximum atomic E-state index is 12.9. The zero-order chi connectivity index (χ0) is 25.6. The first kappa shape index (κ1) is 30.9. The van der Waals surface area contributed by atoms with Crippen molar-refractivity contribution in [2.24, 2.45) is 5.41 Å². The molecular weight excluding hydrogens is 508 g/mol. The molecule has 0 unspecified atom stereocenters. The third-order valence-corrected chi connectivity index (χ3v) is 7.11. The first-order valence-electron chi connectivity index (χ1n) is 12.2. The molecule has 208 valence electrons. The third kappa shape index (κ3) is 6.97. The minimum absolute atomic E-state index is 0. The summed E-state index contributed by atoms with van der Waals surface area (Å²) in [6.07, 6.45) is 7.65. The number of nitrogens with one attached hydrogen (secondary N) is 2. The van der Waals surface area contributed by atoms with E-state index in [1.165, 1.54) is 0 Å². The van der Waals surface area contributed by atoms with Gasteiger partial charge < -0.3 is 20.1 Å². The average Bonchev–Trinajstić information content (AvgIpc) is 3.19. The Hall–Kier alpha value is -2.30. The minimum atomic E-state index is -1.29. The van der Waals surface area contributed by atoms with Crippen molar-refractivity contribution in [3.05, 3.63) is 47.3 Å². The van der Waals surface area contributed by atoms with E-state index < -0.39 is 17.2 Å². The van der Waals surface area contributed by atoms with Crippen LogP contribution in [0.2, 0.25) is 0 Å². The lowest BCUT2D eigenvalue weighted by molar-refractivity contribution is -0.200. The second kappa shape index (κ2) is 11.2. The van der Waals surface area contributed by atoms with Crippen molar-refractivity contribution in [3.63, 3.8) is 0 Å². The van der Waals surface area contributed by atoms with E-state index in [2.05, 4.69) is 35.2 Å². The molecule has 8 nitrogen and oxygen atoms in total. The van der Waals surface area contributed by atoms with Crippen LogP contribution in [0.25, 0.3) is 5.57 Å². The summed E-state index contributed by atoms with van der Waals surface area (Å²) >= 11 is 0. The van der Waals surface area contributed by atoms with Gasteiger partial charge in [0, 0.05) is 26.4 Å². The molecule has 1 aliphatic heterocycles. The number of carbonyl (C=O) groups is 2. The highest BCUT2D eigenvalue weighted by Crippen LogP contribution is 2.45. The Bertz CT molecular complexity index is 1200. The van der Waals surface area contributed by atoms with Gasteiger partial charge in [-0.3, -0.25) is 9.78 Å². The summed E-state index contributed by atoms with van der Waals surface area (Å²) in [6.45, 7) is 11.8. The van der Waals surface area contributed by atoms with Crippen LogP contribution in [0.1, 0.15) is 103 Å². The zero-order valence-electron chi connectivity index (χ0n) is 22.5. The maximum absolute atomic E-state index is 12.9. The summed E-state index contributed by atoms with van der Waals surface area (Å²) in [5.41, 5.74) is 2.45. The standard InChI is InChI=1S/C27H36N4O4.2H2S.2H2/c1-16-15-28-22(29-16)23(32)31-20-8-7-19(30-21(20)17-9-11-25(2,3)12-10-17)18-13-26(4,5)35-27(6,14-18)24(33)34;;;;/h7-9,15,18H,10-14H2,1-6H3,(H,28,29)(H,31,32)(H,33,34);2*1H2;2*1H/t18-,27-;;;;/m0..../s1. The Morgan fingerprint density at radius 2 is 1.86 bits per heavy atom. The zero-order valence-corrected chi connectivity index (χ0v) is 24.5. The number of rotatable bonds is 5. The summed E-state index contributed by atoms with van der Waals surface area (Å²) in [5, 5.41) is 12.8. The van der Waals surface area contributed by atoms with Gasteiger partial charge in [-0.2, -0.15) is 27.0 Å². The van der Waals surface area contributed by atoms with Gasteiger partial charge in [-0.05, 0) is 82.9 Å². The van der Waals surface area contributed by atoms with E-state index >= 15 is 0 Å². The largest absolute Gasteiger partial charge is 0.479 e. The molecule has 10 heteroatoms. The van der Waals surface area contributed by atoms with Crippen LogP contribution >= 0.6 is 27.0 Å². The molecule has 0 radical (unpaired) electrons. The molecule has 0 bridgehead atoms. The first-order chi connectivity index (χ1) is 16.3. The van der Waals surface area contributed by atoms with E-state index in [-0.39, 0.29) is 52.9 Å². The lowest BCUT2D eigenvalue weighted by Crippen LogP contribution is -2.51. The number of ether oxygens (including phenoxy) is 1. The molecule has 3 N–H and O–H groups in total. The molecule has 0 saturated carbocycles. The molecule has 0 spiro atoms. The lowest BCUT2D eigenvalue weighted by atomic mass is 9.77. The van der Waals surface area contributed by atoms with Gasteiger partial charge in [-0.25, -0.2) is 9.78 Å². The number of aliphatic carboxylic acids is 1. The van der Waals surface area contributed by atoms with Crippen LogP contribution in [-0.4, -0.2) is 43.1 Å². The maximum Gasteiger partial charge on any atom is 0.335 e. The number of pyridine rings is 1. The first-order valence-corrected chi connectivity index (χ1v) is 12.2. The Balaban J connectivity index is 0.00000361. The van der Waals surface area contributed by atoms with Crippen molar-refractivity contribution in [1.82, 2.24) is 15.0 Å². The molecule has 3 heterocycles. The Morgan fingerprint density at radius 1 is 1.16 bits per heavy atom. The topological polar surface area (TPSA) is 117 Å². The molecule has 2 aliphatic rings. The average molecular weight is 553 g/mol. The molecule has 0 aromatic carbocycles. The number of allylic oxidation sites excluding steroid dienone is 2. The number of H-pyrrole nitrogens is 1. The molecule has 1 aliphatic carbocycles. The molecular formula is C27H44N4O4S2. The number of aryl methyl sites for hydroxylation is 1. The highest BCUT2D eigenvalue weighted by molar-refractivity contribution is 7.59. The van der Waals surface area contributed by atoms with E-state index in [4.69, 9.17) is 9.72 Å². The van der Waals surface area contributed by atoms with Crippen molar-refractivity contribution in [1.29, 1.82) is 0 Å². The summed E-state index contributed by atoms with van der Waals surface area (Å²) < 4.78 is 5.97. The van der Waals surface area contributed by atoms with Gasteiger partial charge in [0.25, 0.3) is 5.91 Å². The smallest absolute Gasteiger partial charge is 0.335 e. The summed E-state index contributed by atoms with van der Waals surface area (Å²) in [7, 11) is 0. The van der Waals surface area contributed by atoms with E-state index in [0.717, 1.165) is 41.9 Å². The minimum Gasteiger partial charge on any atom is -0.479 e. The third-order valence-electron chi connectivity index (χ3n) is 7.11. The number of aromatic amines is 1. The molecule has 1 saturated heterocycles. The second-order valence-electron chi connectivity index (χ2n) is 11.6. The van der Waals surface area contributed by atoms with Gasteiger partial charge in [0.2, 0.25) is 0 Å². The van der Waals surface area contributed by atoms with Crippen molar-refractivity contribution in [2.45, 2.75) is 90.8 Å². The van der Waals surface area contributed by atoms with Crippen molar-refractivity contribution < 1.29 is 22.3 Å². The van der Waals surface area contributed by atoms with Crippen LogP contribution in [0.5, 0.6) is 0 Å². The SMILES string of the molecule is Cc1cnc(C(=O)Nc2ccc([C@H]3CC(C)(C)O[C@](C)(C(=O)O)C3)nc2C2=CCC(C)(C)CC2)[nH]1.S.S.[HH].[HH]. The Labute approximate surface area is 236 Å². The van der Waals surface area contributed by atoms with Gasteiger partial charge in [-0.1, -0.05) is 19.9 Å². The fraction of sp³-hybridized carbons (Fsp3) is 0.556. The van der Waals surface area contributed by atoms with Gasteiger partial charge in [0.15, 0.2) is 11.4 Å². The summed E-state index contributed by atoms with van der Waals surface area (Å²) in [6, 6.07) is 3.78. The van der Waals surface area contributed by atoms with Gasteiger partial charge in [0.1, 0.15) is 0 Å². The molecule has 1 fully saturated rings. The van der Waals surface area contributed by atoms with E-state index in [1.807, 2.05) is 32.9 Å². The van der Waals surface area contributed by atoms with E-state index in [9.17, 15) is 14.7 Å². The fourth-order valence-electron chi connectivity index (χ4n) is 5.22. The van der Waals surface area contributed by atoms with E-state index in [0.29, 0.717) is 18.5 Å². The number of imidazole rings is 1. The predicted octanol–water partition coefficient (Wildman–Crippen LogP) is 6.19. The van der Waals surface area contributed by atoms with Crippen LogP contribution in [0.15, 0.2) is 24.4 Å². The molecule has 37 heavy (non-hydrogen) atoms. The predicted molar refractivity (Wildman–Crippen MR) is 159 cm³/mol. The van der Waals surface area contributed by atoms with Crippen LogP contribution in [0, 0.1) is 12.3 Å². The summed E-state index contributed by atoms with van der Waals surface area (Å²) in [4.78, 5) is 37.0. The molecule has 2 aromatic rings. The number of hydrogen-bond donors (Lipinski definition) is 3. The number of carboxylic acid groups (broad SMARTS) is 1. The van der Waals surface area contributed by atoms with Crippen LogP contribution in [0.3, 0.4) is 0 Å². The number of anilines is 1. The number of amides is 1.